The molecule has 0 aliphatic heterocycles. The van der Waals surface area contributed by atoms with Crippen LogP contribution in [0, 0.1) is 6.92 Å². The van der Waals surface area contributed by atoms with E-state index < -0.39 is 11.2 Å². The van der Waals surface area contributed by atoms with Gasteiger partial charge in [0.1, 0.15) is 11.6 Å². The molecule has 0 saturated heterocycles. The first kappa shape index (κ1) is 13.7. The minimum atomic E-state index is -4.23. The summed E-state index contributed by atoms with van der Waals surface area (Å²) in [7, 11) is 0. The van der Waals surface area contributed by atoms with Gasteiger partial charge in [-0.25, -0.2) is 19.3 Å². The van der Waals surface area contributed by atoms with E-state index in [1.807, 2.05) is 0 Å². The Kier molecular flexibility index (Phi) is 3.69. The number of rotatable bonds is 4. The summed E-state index contributed by atoms with van der Waals surface area (Å²) in [6.45, 7) is 1.72. The fraction of sp³-hybridized carbons (Fsp3) is 0.444. The van der Waals surface area contributed by atoms with Gasteiger partial charge in [0.05, 0.1) is 0 Å². The van der Waals surface area contributed by atoms with Crippen LogP contribution in [0.1, 0.15) is 5.82 Å². The van der Waals surface area contributed by atoms with E-state index in [0.29, 0.717) is 17.3 Å². The van der Waals surface area contributed by atoms with Gasteiger partial charge in [0.2, 0.25) is 0 Å². The molecule has 0 fully saturated rings. The lowest BCUT2D eigenvalue weighted by Gasteiger charge is -2.08. The molecule has 0 aromatic carbocycles. The molecule has 2 heterocycles. The normalized spacial score (nSPS) is 12.0. The van der Waals surface area contributed by atoms with Crippen LogP contribution in [-0.2, 0) is 0 Å². The maximum atomic E-state index is 11.9. The van der Waals surface area contributed by atoms with E-state index in [1.165, 1.54) is 10.5 Å². The summed E-state index contributed by atoms with van der Waals surface area (Å²) in [6.07, 6.45) is 0. The van der Waals surface area contributed by atoms with E-state index in [-0.39, 0.29) is 24.1 Å². The highest BCUT2D eigenvalue weighted by Crippen LogP contribution is 2.29. The SMILES string of the molecule is Cc1nc(NCCSC(F)(F)F)cc2n[nH]c(=O)n12. The number of nitrogens with zero attached hydrogens (tertiary/aromatic N) is 3. The molecule has 2 rings (SSSR count). The average Bonchev–Trinajstić information content (AvgIpc) is 2.66. The third kappa shape index (κ3) is 3.40. The third-order valence-electron chi connectivity index (χ3n) is 2.24. The van der Waals surface area contributed by atoms with Crippen LogP contribution in [0.4, 0.5) is 19.0 Å². The summed E-state index contributed by atoms with van der Waals surface area (Å²) in [4.78, 5) is 15.4. The molecule has 2 aromatic rings. The Hall–Kier alpha value is -1.71. The predicted molar refractivity (Wildman–Crippen MR) is 65.3 cm³/mol. The fourth-order valence-corrected chi connectivity index (χ4v) is 1.97. The number of anilines is 1. The molecule has 2 N–H and O–H groups in total. The number of hydrogen-bond acceptors (Lipinski definition) is 5. The number of fused-ring (bicyclic) bond motifs is 1. The Morgan fingerprint density at radius 2 is 2.26 bits per heavy atom. The number of nitrogens with one attached hydrogen (secondary N) is 2. The van der Waals surface area contributed by atoms with Crippen LogP contribution in [0.3, 0.4) is 0 Å². The summed E-state index contributed by atoms with van der Waals surface area (Å²) < 4.78 is 37.0. The van der Waals surface area contributed by atoms with Gasteiger partial charge in [-0.15, -0.1) is 0 Å². The van der Waals surface area contributed by atoms with Crippen molar-refractivity contribution in [3.8, 4) is 0 Å². The summed E-state index contributed by atoms with van der Waals surface area (Å²) in [6, 6.07) is 1.49. The molecule has 0 aliphatic carbocycles. The average molecular weight is 293 g/mol. The van der Waals surface area contributed by atoms with E-state index in [2.05, 4.69) is 20.5 Å². The van der Waals surface area contributed by atoms with E-state index in [1.54, 1.807) is 6.92 Å². The molecule has 0 aliphatic rings. The van der Waals surface area contributed by atoms with Crippen LogP contribution >= 0.6 is 11.8 Å². The first-order valence-corrected chi connectivity index (χ1v) is 6.25. The maximum absolute atomic E-state index is 11.9. The standard InChI is InChI=1S/C9H10F3N5OS/c1-5-14-6(13-2-3-19-9(10,11)12)4-7-15-16-8(18)17(5)7/h4,13H,2-3H2,1H3,(H,16,18). The van der Waals surface area contributed by atoms with E-state index in [0.717, 1.165) is 0 Å². The molecule has 0 unspecified atom stereocenters. The van der Waals surface area contributed by atoms with Crippen molar-refractivity contribution < 1.29 is 13.2 Å². The quantitative estimate of drug-likeness (QED) is 0.833. The summed E-state index contributed by atoms with van der Waals surface area (Å²) in [5.74, 6) is 0.664. The molecule has 19 heavy (non-hydrogen) atoms. The lowest BCUT2D eigenvalue weighted by atomic mass is 10.5. The van der Waals surface area contributed by atoms with Crippen LogP contribution in [0.5, 0.6) is 0 Å². The van der Waals surface area contributed by atoms with Crippen molar-refractivity contribution in [2.75, 3.05) is 17.6 Å². The first-order valence-electron chi connectivity index (χ1n) is 5.26. The molecule has 6 nitrogen and oxygen atoms in total. The van der Waals surface area contributed by atoms with Crippen LogP contribution in [0.25, 0.3) is 5.65 Å². The Morgan fingerprint density at radius 3 is 2.95 bits per heavy atom. The Bertz CT molecular complexity index is 635. The van der Waals surface area contributed by atoms with Crippen molar-refractivity contribution in [2.45, 2.75) is 12.4 Å². The number of aromatic amines is 1. The Balaban J connectivity index is 2.04. The van der Waals surface area contributed by atoms with Gasteiger partial charge in [-0.3, -0.25) is 0 Å². The number of halogens is 3. The fourth-order valence-electron chi connectivity index (χ4n) is 1.53. The predicted octanol–water partition coefficient (Wildman–Crippen LogP) is 1.39. The van der Waals surface area contributed by atoms with Crippen molar-refractivity contribution in [3.05, 3.63) is 22.4 Å². The van der Waals surface area contributed by atoms with Gasteiger partial charge < -0.3 is 5.32 Å². The van der Waals surface area contributed by atoms with Crippen molar-refractivity contribution in [3.63, 3.8) is 0 Å². The molecule has 104 valence electrons. The number of hydrogen-bond donors (Lipinski definition) is 2. The zero-order chi connectivity index (χ0) is 14.0. The number of alkyl halides is 3. The van der Waals surface area contributed by atoms with Crippen molar-refractivity contribution in [1.82, 2.24) is 19.6 Å². The molecular weight excluding hydrogens is 283 g/mol. The van der Waals surface area contributed by atoms with Gasteiger partial charge in [-0.1, -0.05) is 0 Å². The van der Waals surface area contributed by atoms with Crippen molar-refractivity contribution in [1.29, 1.82) is 0 Å². The van der Waals surface area contributed by atoms with Gasteiger partial charge in [0.15, 0.2) is 5.65 Å². The third-order valence-corrected chi connectivity index (χ3v) is 2.98. The zero-order valence-electron chi connectivity index (χ0n) is 9.78. The van der Waals surface area contributed by atoms with Crippen LogP contribution in [-0.4, -0.2) is 37.4 Å². The smallest absolute Gasteiger partial charge is 0.369 e. The van der Waals surface area contributed by atoms with Gasteiger partial charge in [0, 0.05) is 18.4 Å². The largest absolute Gasteiger partial charge is 0.441 e. The zero-order valence-corrected chi connectivity index (χ0v) is 10.6. The Morgan fingerprint density at radius 1 is 1.53 bits per heavy atom. The molecule has 0 amide bonds. The summed E-state index contributed by atoms with van der Waals surface area (Å²) in [5.41, 5.74) is -4.27. The molecule has 0 atom stereocenters. The lowest BCUT2D eigenvalue weighted by molar-refractivity contribution is -0.0327. The Labute approximate surface area is 109 Å². The molecule has 0 bridgehead atoms. The van der Waals surface area contributed by atoms with Gasteiger partial charge >= 0.3 is 11.2 Å². The number of thioether (sulfide) groups is 1. The molecule has 0 saturated carbocycles. The summed E-state index contributed by atoms with van der Waals surface area (Å²) in [5, 5.41) is 8.79. The van der Waals surface area contributed by atoms with E-state index >= 15 is 0 Å². The number of H-pyrrole nitrogens is 1. The van der Waals surface area contributed by atoms with Crippen LogP contribution in [0.2, 0.25) is 0 Å². The van der Waals surface area contributed by atoms with Gasteiger partial charge in [-0.05, 0) is 18.7 Å². The minimum Gasteiger partial charge on any atom is -0.369 e. The molecule has 0 spiro atoms. The molecule has 0 radical (unpaired) electrons. The van der Waals surface area contributed by atoms with Gasteiger partial charge in [0.25, 0.3) is 0 Å². The topological polar surface area (TPSA) is 75.1 Å². The molecule has 10 heteroatoms. The van der Waals surface area contributed by atoms with Gasteiger partial charge in [-0.2, -0.15) is 18.3 Å². The summed E-state index contributed by atoms with van der Waals surface area (Å²) >= 11 is -0.103. The number of aryl methyl sites for hydroxylation is 1. The first-order chi connectivity index (χ1) is 8.87. The molecular formula is C9H10F3N5OS. The second kappa shape index (κ2) is 5.11. The highest BCUT2D eigenvalue weighted by Gasteiger charge is 2.27. The molecule has 2 aromatic heterocycles. The van der Waals surface area contributed by atoms with Crippen molar-refractivity contribution >= 4 is 23.2 Å². The second-order valence-corrected chi connectivity index (χ2v) is 4.79. The van der Waals surface area contributed by atoms with E-state index in [9.17, 15) is 18.0 Å². The highest BCUT2D eigenvalue weighted by atomic mass is 32.2. The minimum absolute atomic E-state index is 0.103. The lowest BCUT2D eigenvalue weighted by Crippen LogP contribution is -2.15. The van der Waals surface area contributed by atoms with Crippen LogP contribution in [0.15, 0.2) is 10.9 Å². The van der Waals surface area contributed by atoms with Crippen LogP contribution < -0.4 is 11.0 Å². The van der Waals surface area contributed by atoms with Crippen molar-refractivity contribution in [2.24, 2.45) is 0 Å². The maximum Gasteiger partial charge on any atom is 0.441 e. The number of aromatic nitrogens is 4. The monoisotopic (exact) mass is 293 g/mol. The second-order valence-electron chi connectivity index (χ2n) is 3.63. The highest BCUT2D eigenvalue weighted by molar-refractivity contribution is 8.00. The van der Waals surface area contributed by atoms with E-state index in [4.69, 9.17) is 0 Å².